The topological polar surface area (TPSA) is 29.5 Å². The summed E-state index contributed by atoms with van der Waals surface area (Å²) < 4.78 is 5.46. The maximum Gasteiger partial charge on any atom is 0.119 e. The Labute approximate surface area is 84.5 Å². The maximum absolute atomic E-state index is 9.10. The summed E-state index contributed by atoms with van der Waals surface area (Å²) in [5.74, 6) is 1.60. The molecule has 0 amide bonds. The number of hydrogen-bond donors (Lipinski definition) is 1. The Kier molecular flexibility index (Phi) is 2.73. The molecule has 2 heteroatoms. The summed E-state index contributed by atoms with van der Waals surface area (Å²) in [7, 11) is 0. The summed E-state index contributed by atoms with van der Waals surface area (Å²) in [4.78, 5) is 0. The lowest BCUT2D eigenvalue weighted by atomic mass is 10.1. The van der Waals surface area contributed by atoms with Gasteiger partial charge < -0.3 is 9.84 Å². The molecule has 1 aliphatic carbocycles. The van der Waals surface area contributed by atoms with Gasteiger partial charge in [0.1, 0.15) is 5.75 Å². The van der Waals surface area contributed by atoms with E-state index in [4.69, 9.17) is 9.84 Å². The van der Waals surface area contributed by atoms with Crippen molar-refractivity contribution in [3.63, 3.8) is 0 Å². The van der Waals surface area contributed by atoms with E-state index in [9.17, 15) is 0 Å². The minimum Gasteiger partial charge on any atom is -0.494 e. The van der Waals surface area contributed by atoms with Crippen molar-refractivity contribution in [3.05, 3.63) is 29.3 Å². The molecule has 1 fully saturated rings. The van der Waals surface area contributed by atoms with Crippen LogP contribution in [0, 0.1) is 0 Å². The van der Waals surface area contributed by atoms with E-state index in [0.29, 0.717) is 12.5 Å². The van der Waals surface area contributed by atoms with E-state index in [1.807, 2.05) is 13.0 Å². The van der Waals surface area contributed by atoms with E-state index < -0.39 is 0 Å². The van der Waals surface area contributed by atoms with E-state index in [1.165, 1.54) is 18.4 Å². The molecule has 0 aromatic heterocycles. The van der Waals surface area contributed by atoms with Crippen molar-refractivity contribution in [3.8, 4) is 5.75 Å². The zero-order valence-corrected chi connectivity index (χ0v) is 8.49. The highest BCUT2D eigenvalue weighted by atomic mass is 16.5. The second-order valence-electron chi connectivity index (χ2n) is 3.78. The second kappa shape index (κ2) is 4.01. The normalized spacial score (nSPS) is 15.6. The monoisotopic (exact) mass is 192 g/mol. The maximum atomic E-state index is 9.10. The largest absolute Gasteiger partial charge is 0.494 e. The van der Waals surface area contributed by atoms with Crippen LogP contribution in [-0.2, 0) is 6.61 Å². The fourth-order valence-electron chi connectivity index (χ4n) is 1.68. The Balaban J connectivity index is 2.26. The van der Waals surface area contributed by atoms with Gasteiger partial charge in [-0.05, 0) is 48.9 Å². The predicted octanol–water partition coefficient (Wildman–Crippen LogP) is 2.46. The van der Waals surface area contributed by atoms with Crippen LogP contribution in [0.1, 0.15) is 36.8 Å². The van der Waals surface area contributed by atoms with Crippen molar-refractivity contribution in [2.45, 2.75) is 32.3 Å². The molecule has 0 radical (unpaired) electrons. The first-order chi connectivity index (χ1) is 6.83. The summed E-state index contributed by atoms with van der Waals surface area (Å²) in [6, 6.07) is 6.09. The summed E-state index contributed by atoms with van der Waals surface area (Å²) in [5, 5.41) is 9.10. The molecule has 1 N–H and O–H groups in total. The Morgan fingerprint density at radius 2 is 2.14 bits per heavy atom. The number of rotatable bonds is 4. The molecule has 0 atom stereocenters. The third-order valence-corrected chi connectivity index (χ3v) is 2.53. The lowest BCUT2D eigenvalue weighted by molar-refractivity contribution is 0.280. The molecule has 0 aliphatic heterocycles. The molecule has 0 bridgehead atoms. The summed E-state index contributed by atoms with van der Waals surface area (Å²) >= 11 is 0. The van der Waals surface area contributed by atoms with Gasteiger partial charge in [0.15, 0.2) is 0 Å². The van der Waals surface area contributed by atoms with Crippen LogP contribution < -0.4 is 4.74 Å². The van der Waals surface area contributed by atoms with Crippen LogP contribution in [0.2, 0.25) is 0 Å². The molecule has 0 saturated heterocycles. The molecule has 14 heavy (non-hydrogen) atoms. The number of aliphatic hydroxyl groups is 1. The highest BCUT2D eigenvalue weighted by Crippen LogP contribution is 2.41. The first-order valence-electron chi connectivity index (χ1n) is 5.21. The molecule has 0 spiro atoms. The van der Waals surface area contributed by atoms with Crippen molar-refractivity contribution in [1.29, 1.82) is 0 Å². The van der Waals surface area contributed by atoms with Crippen LogP contribution in [0.3, 0.4) is 0 Å². The molecular weight excluding hydrogens is 176 g/mol. The van der Waals surface area contributed by atoms with Gasteiger partial charge in [-0.15, -0.1) is 0 Å². The second-order valence-corrected chi connectivity index (χ2v) is 3.78. The predicted molar refractivity (Wildman–Crippen MR) is 55.5 cm³/mol. The van der Waals surface area contributed by atoms with Gasteiger partial charge in [-0.2, -0.15) is 0 Å². The Hall–Kier alpha value is -1.02. The molecular formula is C12H16O2. The minimum absolute atomic E-state index is 0.0979. The molecule has 1 aliphatic rings. The third kappa shape index (κ3) is 2.07. The first-order valence-corrected chi connectivity index (χ1v) is 5.21. The SMILES string of the molecule is CCOc1cc(CO)cc(C2CC2)c1. The summed E-state index contributed by atoms with van der Waals surface area (Å²) in [6.45, 7) is 2.75. The number of ether oxygens (including phenoxy) is 1. The highest BCUT2D eigenvalue weighted by Gasteiger charge is 2.24. The van der Waals surface area contributed by atoms with Gasteiger partial charge in [-0.1, -0.05) is 6.07 Å². The first kappa shape index (κ1) is 9.53. The smallest absolute Gasteiger partial charge is 0.119 e. The van der Waals surface area contributed by atoms with Crippen molar-refractivity contribution in [1.82, 2.24) is 0 Å². The number of benzene rings is 1. The van der Waals surface area contributed by atoms with Gasteiger partial charge in [-0.25, -0.2) is 0 Å². The van der Waals surface area contributed by atoms with Crippen molar-refractivity contribution < 1.29 is 9.84 Å². The van der Waals surface area contributed by atoms with Crippen LogP contribution in [0.4, 0.5) is 0 Å². The highest BCUT2D eigenvalue weighted by molar-refractivity contribution is 5.37. The fraction of sp³-hybridized carbons (Fsp3) is 0.500. The zero-order valence-electron chi connectivity index (χ0n) is 8.49. The Morgan fingerprint density at radius 3 is 2.71 bits per heavy atom. The van der Waals surface area contributed by atoms with Crippen LogP contribution >= 0.6 is 0 Å². The lowest BCUT2D eigenvalue weighted by Gasteiger charge is -2.08. The van der Waals surface area contributed by atoms with Gasteiger partial charge in [0.2, 0.25) is 0 Å². The van der Waals surface area contributed by atoms with Crippen molar-refractivity contribution in [2.24, 2.45) is 0 Å². The Morgan fingerprint density at radius 1 is 1.36 bits per heavy atom. The molecule has 1 aromatic rings. The number of hydrogen-bond acceptors (Lipinski definition) is 2. The van der Waals surface area contributed by atoms with E-state index in [2.05, 4.69) is 12.1 Å². The van der Waals surface area contributed by atoms with E-state index in [0.717, 1.165) is 11.3 Å². The van der Waals surface area contributed by atoms with E-state index in [1.54, 1.807) is 0 Å². The molecule has 1 aromatic carbocycles. The molecule has 76 valence electrons. The molecule has 0 unspecified atom stereocenters. The van der Waals surface area contributed by atoms with Gasteiger partial charge in [0.25, 0.3) is 0 Å². The van der Waals surface area contributed by atoms with Crippen molar-refractivity contribution in [2.75, 3.05) is 6.61 Å². The third-order valence-electron chi connectivity index (χ3n) is 2.53. The molecule has 1 saturated carbocycles. The minimum atomic E-state index is 0.0979. The van der Waals surface area contributed by atoms with Gasteiger partial charge in [0, 0.05) is 0 Å². The van der Waals surface area contributed by atoms with Gasteiger partial charge >= 0.3 is 0 Å². The van der Waals surface area contributed by atoms with Crippen LogP contribution in [0.15, 0.2) is 18.2 Å². The summed E-state index contributed by atoms with van der Waals surface area (Å²) in [6.07, 6.45) is 2.56. The summed E-state index contributed by atoms with van der Waals surface area (Å²) in [5.41, 5.74) is 2.28. The van der Waals surface area contributed by atoms with Gasteiger partial charge in [0.05, 0.1) is 13.2 Å². The standard InChI is InChI=1S/C12H16O2/c1-2-14-12-6-9(8-13)5-11(7-12)10-3-4-10/h5-7,10,13H,2-4,8H2,1H3. The molecule has 2 rings (SSSR count). The van der Waals surface area contributed by atoms with E-state index in [-0.39, 0.29) is 6.61 Å². The zero-order chi connectivity index (χ0) is 9.97. The molecule has 2 nitrogen and oxygen atoms in total. The number of aliphatic hydroxyl groups excluding tert-OH is 1. The fourth-order valence-corrected chi connectivity index (χ4v) is 1.68. The quantitative estimate of drug-likeness (QED) is 0.794. The molecule has 0 heterocycles. The lowest BCUT2D eigenvalue weighted by Crippen LogP contribution is -1.95. The van der Waals surface area contributed by atoms with Crippen LogP contribution in [0.25, 0.3) is 0 Å². The van der Waals surface area contributed by atoms with Crippen molar-refractivity contribution >= 4 is 0 Å². The van der Waals surface area contributed by atoms with Crippen LogP contribution in [-0.4, -0.2) is 11.7 Å². The van der Waals surface area contributed by atoms with E-state index >= 15 is 0 Å². The van der Waals surface area contributed by atoms with Gasteiger partial charge in [-0.3, -0.25) is 0 Å². The van der Waals surface area contributed by atoms with Crippen LogP contribution in [0.5, 0.6) is 5.75 Å². The average molecular weight is 192 g/mol. The average Bonchev–Trinajstić information content (AvgIpc) is 3.01. The Bertz CT molecular complexity index is 316.